The van der Waals surface area contributed by atoms with Gasteiger partial charge < -0.3 is 26.2 Å². The summed E-state index contributed by atoms with van der Waals surface area (Å²) in [5.74, 6) is -2.44. The lowest BCUT2D eigenvalue weighted by atomic mass is 9.83. The first-order valence-electron chi connectivity index (χ1n) is 18.6. The molecule has 3 rings (SSSR count). The van der Waals surface area contributed by atoms with Crippen LogP contribution in [0.3, 0.4) is 0 Å². The second-order valence-electron chi connectivity index (χ2n) is 17.1. The van der Waals surface area contributed by atoms with Gasteiger partial charge in [-0.2, -0.15) is 0 Å². The van der Waals surface area contributed by atoms with Gasteiger partial charge in [0.2, 0.25) is 17.6 Å². The van der Waals surface area contributed by atoms with E-state index in [1.165, 1.54) is 24.8 Å². The number of nitrogens with zero attached hydrogens (tertiary/aromatic N) is 1. The summed E-state index contributed by atoms with van der Waals surface area (Å²) in [6, 6.07) is -3.80. The van der Waals surface area contributed by atoms with Crippen LogP contribution in [0.2, 0.25) is 0 Å². The quantitative estimate of drug-likeness (QED) is 0.129. The Kier molecular flexibility index (Phi) is 14.3. The van der Waals surface area contributed by atoms with Crippen LogP contribution in [-0.4, -0.2) is 96.8 Å². The Labute approximate surface area is 304 Å². The van der Waals surface area contributed by atoms with Crippen molar-refractivity contribution in [2.75, 3.05) is 25.5 Å². The molecule has 0 aromatic heterocycles. The maximum atomic E-state index is 14.5. The molecule has 4 atom stereocenters. The highest BCUT2D eigenvalue weighted by atomic mass is 32.2. The Morgan fingerprint density at radius 1 is 1.00 bits per heavy atom. The number of amides is 5. The molecule has 3 fully saturated rings. The Balaban J connectivity index is 1.85. The number of urea groups is 1. The maximum Gasteiger partial charge on any atom is 0.315 e. The molecule has 0 unspecified atom stereocenters. The minimum atomic E-state index is -3.95. The van der Waals surface area contributed by atoms with Crippen LogP contribution < -0.4 is 21.3 Å². The van der Waals surface area contributed by atoms with Crippen molar-refractivity contribution >= 4 is 39.4 Å². The molecule has 51 heavy (non-hydrogen) atoms. The van der Waals surface area contributed by atoms with Gasteiger partial charge in [-0.3, -0.25) is 19.2 Å². The normalized spacial score (nSPS) is 22.1. The highest BCUT2D eigenvalue weighted by Crippen LogP contribution is 2.36. The minimum Gasteiger partial charge on any atom is -0.346 e. The van der Waals surface area contributed by atoms with E-state index >= 15 is 0 Å². The van der Waals surface area contributed by atoms with E-state index in [4.69, 9.17) is 0 Å². The van der Waals surface area contributed by atoms with Crippen molar-refractivity contribution in [1.29, 1.82) is 0 Å². The molecule has 0 aromatic carbocycles. The topological polar surface area (TPSA) is 171 Å². The minimum absolute atomic E-state index is 0.0368. The summed E-state index contributed by atoms with van der Waals surface area (Å²) in [4.78, 5) is 69.5. The summed E-state index contributed by atoms with van der Waals surface area (Å²) < 4.78 is 38.8. The number of alkyl halides is 1. The molecule has 2 aliphatic carbocycles. The molecule has 1 saturated heterocycles. The lowest BCUT2D eigenvalue weighted by Crippen LogP contribution is -2.63. The maximum absolute atomic E-state index is 14.5. The lowest BCUT2D eigenvalue weighted by molar-refractivity contribution is -0.143. The van der Waals surface area contributed by atoms with Gasteiger partial charge in [-0.15, -0.1) is 6.58 Å². The zero-order valence-electron chi connectivity index (χ0n) is 31.7. The molecule has 1 heterocycles. The van der Waals surface area contributed by atoms with Crippen molar-refractivity contribution in [2.24, 2.45) is 23.2 Å². The summed E-state index contributed by atoms with van der Waals surface area (Å²) in [5.41, 5.74) is -1.95. The molecule has 3 aliphatic rings. The van der Waals surface area contributed by atoms with Crippen LogP contribution in [0.1, 0.15) is 113 Å². The molecular formula is C37H62FN5O7S. The third-order valence-electron chi connectivity index (χ3n) is 10.9. The molecule has 12 nitrogen and oxygen atoms in total. The number of halogens is 1. The summed E-state index contributed by atoms with van der Waals surface area (Å²) in [6.07, 6.45) is 7.92. The molecule has 0 aromatic rings. The molecular weight excluding hydrogens is 678 g/mol. The SMILES string of the molecule is C=CCNC(=O)C(=O)[C@H](CCC1CC1)NC(=O)[C@@H]1C[C@@H](C(C)C)CN1C(=O)[C@@H](NC(=O)NC1(CS(=O)(=O)C(C)(C)CF)CCCCC1)C(C)(C)C. The van der Waals surface area contributed by atoms with Crippen LogP contribution in [0.25, 0.3) is 0 Å². The standard InChI is InChI=1S/C37H62FN5O7S/c1-9-19-39-32(46)29(44)27(16-15-25-13-14-25)40-31(45)28-20-26(24(2)3)21-43(28)33(47)30(35(4,5)6)41-34(48)42-37(17-11-10-12-18-37)23-51(49,50)36(7,8)22-38/h9,24-28,30H,1,10-23H2,2-8H3,(H,39,46)(H,40,45)(H2,41,42,48)/t26-,27+,28+,30-/m1/s1. The number of Topliss-reactive ketones (excluding diaryl/α,β-unsaturated/α-hetero) is 1. The molecule has 2 saturated carbocycles. The predicted molar refractivity (Wildman–Crippen MR) is 195 cm³/mol. The Hall–Kier alpha value is -3.03. The van der Waals surface area contributed by atoms with Gasteiger partial charge in [-0.25, -0.2) is 17.6 Å². The third kappa shape index (κ3) is 11.2. The number of carbonyl (C=O) groups is 5. The van der Waals surface area contributed by atoms with Gasteiger partial charge in [-0.05, 0) is 69.1 Å². The first-order chi connectivity index (χ1) is 23.7. The van der Waals surface area contributed by atoms with E-state index < -0.39 is 85.6 Å². The van der Waals surface area contributed by atoms with E-state index in [1.54, 1.807) is 20.8 Å². The zero-order valence-corrected chi connectivity index (χ0v) is 32.6. The molecule has 0 radical (unpaired) electrons. The van der Waals surface area contributed by atoms with E-state index in [0.717, 1.165) is 19.3 Å². The van der Waals surface area contributed by atoms with E-state index in [2.05, 4.69) is 27.8 Å². The van der Waals surface area contributed by atoms with E-state index in [9.17, 15) is 36.8 Å². The Morgan fingerprint density at radius 3 is 2.16 bits per heavy atom. The van der Waals surface area contributed by atoms with Crippen LogP contribution in [-0.2, 0) is 29.0 Å². The number of rotatable bonds is 17. The lowest BCUT2D eigenvalue weighted by Gasteiger charge is -2.41. The number of nitrogens with one attached hydrogen (secondary N) is 4. The molecule has 4 N–H and O–H groups in total. The van der Waals surface area contributed by atoms with Crippen molar-refractivity contribution in [2.45, 2.75) is 141 Å². The number of carbonyl (C=O) groups excluding carboxylic acids is 5. The highest BCUT2D eigenvalue weighted by Gasteiger charge is 2.48. The third-order valence-corrected chi connectivity index (χ3v) is 13.6. The summed E-state index contributed by atoms with van der Waals surface area (Å²) in [6.45, 7) is 14.9. The van der Waals surface area contributed by atoms with Crippen molar-refractivity contribution < 1.29 is 36.8 Å². The highest BCUT2D eigenvalue weighted by molar-refractivity contribution is 7.92. The Morgan fingerprint density at radius 2 is 1.63 bits per heavy atom. The Bertz CT molecular complexity index is 1400. The van der Waals surface area contributed by atoms with Gasteiger partial charge in [0, 0.05) is 13.1 Å². The van der Waals surface area contributed by atoms with Gasteiger partial charge in [-0.1, -0.05) is 72.8 Å². The predicted octanol–water partition coefficient (Wildman–Crippen LogP) is 3.99. The second kappa shape index (κ2) is 17.2. The summed E-state index contributed by atoms with van der Waals surface area (Å²) >= 11 is 0. The number of sulfone groups is 1. The average Bonchev–Trinajstić information content (AvgIpc) is 3.77. The first kappa shape index (κ1) is 42.4. The number of hydrogen-bond donors (Lipinski definition) is 4. The van der Waals surface area contributed by atoms with E-state index in [1.807, 2.05) is 13.8 Å². The largest absolute Gasteiger partial charge is 0.346 e. The van der Waals surface area contributed by atoms with Crippen molar-refractivity contribution in [3.63, 3.8) is 0 Å². The molecule has 5 amide bonds. The summed E-state index contributed by atoms with van der Waals surface area (Å²) in [5, 5.41) is 11.0. The van der Waals surface area contributed by atoms with Gasteiger partial charge in [0.15, 0.2) is 9.84 Å². The van der Waals surface area contributed by atoms with E-state index in [0.29, 0.717) is 50.9 Å². The molecule has 0 spiro atoms. The molecule has 1 aliphatic heterocycles. The van der Waals surface area contributed by atoms with Gasteiger partial charge >= 0.3 is 6.03 Å². The second-order valence-corrected chi connectivity index (χ2v) is 19.7. The van der Waals surface area contributed by atoms with E-state index in [-0.39, 0.29) is 24.9 Å². The van der Waals surface area contributed by atoms with Crippen molar-refractivity contribution in [1.82, 2.24) is 26.2 Å². The number of likely N-dealkylation sites (tertiary alicyclic amines) is 1. The van der Waals surface area contributed by atoms with Gasteiger partial charge in [0.1, 0.15) is 18.8 Å². The number of hydrogen-bond acceptors (Lipinski definition) is 7. The zero-order chi connectivity index (χ0) is 38.4. The van der Waals surface area contributed by atoms with Crippen LogP contribution >= 0.6 is 0 Å². The smallest absolute Gasteiger partial charge is 0.315 e. The van der Waals surface area contributed by atoms with Gasteiger partial charge in [0.25, 0.3) is 5.91 Å². The van der Waals surface area contributed by atoms with Crippen LogP contribution in [0.5, 0.6) is 0 Å². The van der Waals surface area contributed by atoms with Crippen LogP contribution in [0.15, 0.2) is 12.7 Å². The fourth-order valence-corrected chi connectivity index (χ4v) is 8.64. The van der Waals surface area contributed by atoms with Gasteiger partial charge in [0.05, 0.1) is 22.1 Å². The fourth-order valence-electron chi connectivity index (χ4n) is 7.00. The van der Waals surface area contributed by atoms with Crippen LogP contribution in [0.4, 0.5) is 9.18 Å². The molecule has 14 heteroatoms. The van der Waals surface area contributed by atoms with Crippen molar-refractivity contribution in [3.8, 4) is 0 Å². The molecule has 0 bridgehead atoms. The number of ketones is 1. The average molecular weight is 740 g/mol. The monoisotopic (exact) mass is 739 g/mol. The van der Waals surface area contributed by atoms with Crippen molar-refractivity contribution in [3.05, 3.63) is 12.7 Å². The van der Waals surface area contributed by atoms with Crippen LogP contribution in [0, 0.1) is 23.2 Å². The summed E-state index contributed by atoms with van der Waals surface area (Å²) in [7, 11) is -3.95. The fraction of sp³-hybridized carbons (Fsp3) is 0.811. The first-order valence-corrected chi connectivity index (χ1v) is 20.2. The molecule has 290 valence electrons.